The fraction of sp³-hybridized carbons (Fsp3) is 0.750. The number of anilines is 1. The van der Waals surface area contributed by atoms with Crippen LogP contribution in [0.2, 0.25) is 0 Å². The van der Waals surface area contributed by atoms with E-state index in [0.29, 0.717) is 5.91 Å². The van der Waals surface area contributed by atoms with Crippen molar-refractivity contribution >= 4 is 34.8 Å². The number of likely N-dealkylation sites (tertiary alicyclic amines) is 1. The molecule has 128 valence electrons. The highest BCUT2D eigenvalue weighted by atomic mass is 35.5. The molecule has 0 aliphatic carbocycles. The number of thiazole rings is 1. The predicted molar refractivity (Wildman–Crippen MR) is 95.4 cm³/mol. The Labute approximate surface area is 147 Å². The molecule has 0 radical (unpaired) electrons. The molecule has 0 saturated carbocycles. The van der Waals surface area contributed by atoms with Crippen LogP contribution in [-0.4, -0.2) is 54.6 Å². The first-order valence-electron chi connectivity index (χ1n) is 8.48. The molecule has 1 aromatic rings. The molecule has 3 saturated heterocycles. The molecule has 3 aliphatic rings. The number of hydrogen-bond donors (Lipinski definition) is 1. The number of hydrogen-bond acceptors (Lipinski definition) is 5. The molecule has 7 heteroatoms. The van der Waals surface area contributed by atoms with E-state index in [2.05, 4.69) is 20.1 Å². The van der Waals surface area contributed by atoms with Crippen LogP contribution in [0.4, 0.5) is 5.13 Å². The minimum atomic E-state index is 0. The molecule has 0 aromatic carbocycles. The van der Waals surface area contributed by atoms with Crippen LogP contribution in [0.3, 0.4) is 0 Å². The van der Waals surface area contributed by atoms with E-state index in [1.54, 1.807) is 11.3 Å². The van der Waals surface area contributed by atoms with Gasteiger partial charge >= 0.3 is 0 Å². The van der Waals surface area contributed by atoms with E-state index in [1.807, 2.05) is 11.6 Å². The Bertz CT molecular complexity index is 512. The van der Waals surface area contributed by atoms with E-state index in [4.69, 9.17) is 0 Å². The Morgan fingerprint density at radius 2 is 1.91 bits per heavy atom. The van der Waals surface area contributed by atoms with Gasteiger partial charge < -0.3 is 15.1 Å². The van der Waals surface area contributed by atoms with E-state index in [-0.39, 0.29) is 18.4 Å². The van der Waals surface area contributed by atoms with Crippen molar-refractivity contribution in [2.75, 3.05) is 37.6 Å². The van der Waals surface area contributed by atoms with Crippen LogP contribution in [0.15, 0.2) is 11.6 Å². The van der Waals surface area contributed by atoms with Crippen molar-refractivity contribution < 1.29 is 4.79 Å². The summed E-state index contributed by atoms with van der Waals surface area (Å²) < 4.78 is 0. The molecule has 4 heterocycles. The standard InChI is InChI=1S/C16H24N4OS.ClH/c21-15(14-2-1-6-20(14)16-18-5-9-22-16)19-7-3-12-10-17-11-13(12)4-8-19;/h5,9,12-14,17H,1-4,6-8,10-11H2;1H/t12-,13+,14?;. The van der Waals surface area contributed by atoms with Gasteiger partial charge in [-0.2, -0.15) is 0 Å². The van der Waals surface area contributed by atoms with E-state index in [0.717, 1.165) is 75.4 Å². The maximum Gasteiger partial charge on any atom is 0.245 e. The van der Waals surface area contributed by atoms with Gasteiger partial charge in [0.2, 0.25) is 5.91 Å². The largest absolute Gasteiger partial charge is 0.341 e. The van der Waals surface area contributed by atoms with Gasteiger partial charge in [0, 0.05) is 31.2 Å². The number of aromatic nitrogens is 1. The summed E-state index contributed by atoms with van der Waals surface area (Å²) in [5.41, 5.74) is 0. The van der Waals surface area contributed by atoms with Gasteiger partial charge in [0.05, 0.1) is 0 Å². The number of rotatable bonds is 2. The van der Waals surface area contributed by atoms with Crippen LogP contribution in [0.1, 0.15) is 25.7 Å². The Balaban J connectivity index is 0.00000156. The van der Waals surface area contributed by atoms with Crippen LogP contribution in [-0.2, 0) is 4.79 Å². The van der Waals surface area contributed by atoms with Crippen LogP contribution in [0.5, 0.6) is 0 Å². The third-order valence-electron chi connectivity index (χ3n) is 5.53. The molecule has 1 unspecified atom stereocenters. The Morgan fingerprint density at radius 3 is 2.57 bits per heavy atom. The van der Waals surface area contributed by atoms with Crippen molar-refractivity contribution in [1.82, 2.24) is 15.2 Å². The smallest absolute Gasteiger partial charge is 0.245 e. The summed E-state index contributed by atoms with van der Waals surface area (Å²) in [6.45, 7) is 5.11. The highest BCUT2D eigenvalue weighted by Crippen LogP contribution is 2.31. The first kappa shape index (κ1) is 17.0. The first-order valence-corrected chi connectivity index (χ1v) is 9.36. The van der Waals surface area contributed by atoms with Gasteiger partial charge in [-0.1, -0.05) is 0 Å². The van der Waals surface area contributed by atoms with E-state index < -0.39 is 0 Å². The lowest BCUT2D eigenvalue weighted by atomic mass is 9.92. The Hall–Kier alpha value is -0.850. The summed E-state index contributed by atoms with van der Waals surface area (Å²) in [7, 11) is 0. The fourth-order valence-corrected chi connectivity index (χ4v) is 4.98. The molecule has 3 fully saturated rings. The van der Waals surface area contributed by atoms with Gasteiger partial charge in [0.1, 0.15) is 6.04 Å². The predicted octanol–water partition coefficient (Wildman–Crippen LogP) is 1.99. The number of carbonyl (C=O) groups is 1. The lowest BCUT2D eigenvalue weighted by Gasteiger charge is -2.29. The molecular weight excluding hydrogens is 332 g/mol. The van der Waals surface area contributed by atoms with Gasteiger partial charge in [0.25, 0.3) is 0 Å². The van der Waals surface area contributed by atoms with E-state index in [1.165, 1.54) is 0 Å². The number of halogens is 1. The van der Waals surface area contributed by atoms with Gasteiger partial charge in [-0.05, 0) is 50.6 Å². The zero-order valence-electron chi connectivity index (χ0n) is 13.3. The molecule has 1 N–H and O–H groups in total. The third kappa shape index (κ3) is 3.35. The molecule has 1 amide bonds. The van der Waals surface area contributed by atoms with Crippen LogP contribution < -0.4 is 10.2 Å². The maximum atomic E-state index is 13.0. The van der Waals surface area contributed by atoms with Crippen LogP contribution in [0, 0.1) is 11.8 Å². The quantitative estimate of drug-likeness (QED) is 0.880. The summed E-state index contributed by atoms with van der Waals surface area (Å²) >= 11 is 1.64. The Morgan fingerprint density at radius 1 is 1.17 bits per heavy atom. The highest BCUT2D eigenvalue weighted by molar-refractivity contribution is 7.13. The second-order valence-corrected chi connectivity index (χ2v) is 7.62. The third-order valence-corrected chi connectivity index (χ3v) is 6.34. The summed E-state index contributed by atoms with van der Waals surface area (Å²) in [4.78, 5) is 21.8. The maximum absolute atomic E-state index is 13.0. The topological polar surface area (TPSA) is 48.5 Å². The molecule has 0 spiro atoms. The van der Waals surface area contributed by atoms with Crippen molar-refractivity contribution in [3.8, 4) is 0 Å². The minimum Gasteiger partial charge on any atom is -0.341 e. The van der Waals surface area contributed by atoms with Crippen molar-refractivity contribution in [2.45, 2.75) is 31.7 Å². The number of fused-ring (bicyclic) bond motifs is 1. The average Bonchev–Trinajstić information content (AvgIpc) is 3.26. The van der Waals surface area contributed by atoms with Gasteiger partial charge in [-0.25, -0.2) is 4.98 Å². The minimum absolute atomic E-state index is 0. The van der Waals surface area contributed by atoms with Crippen LogP contribution >= 0.6 is 23.7 Å². The number of carbonyl (C=O) groups excluding carboxylic acids is 1. The van der Waals surface area contributed by atoms with Crippen molar-refractivity contribution in [3.05, 3.63) is 11.6 Å². The fourth-order valence-electron chi connectivity index (χ4n) is 4.26. The molecule has 3 aliphatic heterocycles. The lowest BCUT2D eigenvalue weighted by Crippen LogP contribution is -2.46. The molecule has 4 rings (SSSR count). The van der Waals surface area contributed by atoms with Gasteiger partial charge in [-0.15, -0.1) is 23.7 Å². The van der Waals surface area contributed by atoms with E-state index in [9.17, 15) is 4.79 Å². The molecule has 1 aromatic heterocycles. The average molecular weight is 357 g/mol. The van der Waals surface area contributed by atoms with Crippen LogP contribution in [0.25, 0.3) is 0 Å². The summed E-state index contributed by atoms with van der Waals surface area (Å²) in [6.07, 6.45) is 6.23. The highest BCUT2D eigenvalue weighted by Gasteiger charge is 2.37. The lowest BCUT2D eigenvalue weighted by molar-refractivity contribution is -0.132. The molecule has 3 atom stereocenters. The van der Waals surface area contributed by atoms with Gasteiger partial charge in [-0.3, -0.25) is 4.79 Å². The van der Waals surface area contributed by atoms with Crippen molar-refractivity contribution in [3.63, 3.8) is 0 Å². The van der Waals surface area contributed by atoms with Crippen molar-refractivity contribution in [1.29, 1.82) is 0 Å². The number of nitrogens with zero attached hydrogens (tertiary/aromatic N) is 3. The summed E-state index contributed by atoms with van der Waals surface area (Å²) in [5.74, 6) is 1.88. The SMILES string of the molecule is Cl.O=C(C1CCCN1c1nccs1)N1CC[C@@H]2CNC[C@@H]2CC1. The molecule has 23 heavy (non-hydrogen) atoms. The van der Waals surface area contributed by atoms with Crippen molar-refractivity contribution in [2.24, 2.45) is 11.8 Å². The summed E-state index contributed by atoms with van der Waals surface area (Å²) in [5, 5.41) is 6.50. The monoisotopic (exact) mass is 356 g/mol. The normalized spacial score (nSPS) is 30.7. The molecule has 0 bridgehead atoms. The summed E-state index contributed by atoms with van der Waals surface area (Å²) in [6, 6.07) is 0.0159. The second kappa shape index (κ2) is 7.36. The second-order valence-electron chi connectivity index (χ2n) is 6.75. The molecular formula is C16H25ClN4OS. The number of amides is 1. The number of nitrogens with one attached hydrogen (secondary N) is 1. The van der Waals surface area contributed by atoms with Gasteiger partial charge in [0.15, 0.2) is 5.13 Å². The zero-order chi connectivity index (χ0) is 14.9. The first-order chi connectivity index (χ1) is 10.8. The molecule has 5 nitrogen and oxygen atoms in total. The van der Waals surface area contributed by atoms with E-state index >= 15 is 0 Å². The Kier molecular flexibility index (Phi) is 5.44. The zero-order valence-corrected chi connectivity index (χ0v) is 15.0.